The maximum absolute atomic E-state index is 3.89. The van der Waals surface area contributed by atoms with Gasteiger partial charge in [-0.1, -0.05) is 184 Å². The topological polar surface area (TPSA) is 0 Å². The average molecular weight is 716 g/mol. The van der Waals surface area contributed by atoms with Gasteiger partial charge in [-0.2, -0.15) is 0 Å². The number of fused-ring (bicyclic) bond motifs is 6. The van der Waals surface area contributed by atoms with Crippen LogP contribution in [0.15, 0.2) is 132 Å². The molecule has 8 rings (SSSR count). The highest BCUT2D eigenvalue weighted by Crippen LogP contribution is 2.56. The molecule has 0 aromatic heterocycles. The van der Waals surface area contributed by atoms with E-state index in [9.17, 15) is 0 Å². The lowest BCUT2D eigenvalue weighted by Crippen LogP contribution is -2.25. The van der Waals surface area contributed by atoms with Crippen molar-refractivity contribution in [3.05, 3.63) is 143 Å². The number of hydrogen-bond acceptors (Lipinski definition) is 0. The van der Waals surface area contributed by atoms with Crippen molar-refractivity contribution in [2.45, 2.75) is 83.5 Å². The van der Waals surface area contributed by atoms with Crippen molar-refractivity contribution in [2.75, 3.05) is 0 Å². The minimum atomic E-state index is 0.0303. The summed E-state index contributed by atoms with van der Waals surface area (Å²) in [7, 11) is 0. The highest BCUT2D eigenvalue weighted by Gasteiger charge is 2.42. The lowest BCUT2D eigenvalue weighted by molar-refractivity contribution is 0.401. The minimum absolute atomic E-state index is 0.0303. The van der Waals surface area contributed by atoms with E-state index in [0.717, 1.165) is 0 Å². The lowest BCUT2D eigenvalue weighted by Gasteiger charge is -2.33. The third kappa shape index (κ3) is 5.78. The summed E-state index contributed by atoms with van der Waals surface area (Å²) in [5.74, 6) is 0. The zero-order chi connectivity index (χ0) is 34.1. The van der Waals surface area contributed by atoms with E-state index in [2.05, 4.69) is 157 Å². The Morgan fingerprint density at radius 1 is 0.440 bits per heavy atom. The molecule has 0 spiro atoms. The van der Waals surface area contributed by atoms with Gasteiger partial charge in [-0.25, -0.2) is 0 Å². The van der Waals surface area contributed by atoms with Gasteiger partial charge in [0.1, 0.15) is 0 Å². The molecule has 0 radical (unpaired) electrons. The summed E-state index contributed by atoms with van der Waals surface area (Å²) in [6, 6.07) is 48.5. The van der Waals surface area contributed by atoms with E-state index in [1.807, 2.05) is 0 Å². The van der Waals surface area contributed by atoms with Crippen LogP contribution in [0.25, 0.3) is 65.7 Å². The molecule has 0 unspecified atom stereocenters. The number of hydrogen-bond donors (Lipinski definition) is 0. The molecule has 50 heavy (non-hydrogen) atoms. The molecule has 7 aromatic rings. The van der Waals surface area contributed by atoms with E-state index in [1.165, 1.54) is 140 Å². The Kier molecular flexibility index (Phi) is 9.36. The van der Waals surface area contributed by atoms with Crippen LogP contribution >= 0.6 is 15.9 Å². The van der Waals surface area contributed by atoms with Crippen molar-refractivity contribution >= 4 is 48.2 Å². The van der Waals surface area contributed by atoms with Gasteiger partial charge in [-0.05, 0) is 114 Å². The molecule has 0 saturated carbocycles. The first-order valence-corrected chi connectivity index (χ1v) is 19.8. The second kappa shape index (κ2) is 14.2. The summed E-state index contributed by atoms with van der Waals surface area (Å²) in [6.07, 6.45) is 12.7. The van der Waals surface area contributed by atoms with E-state index in [4.69, 9.17) is 0 Å². The fraction of sp³-hybridized carbons (Fsp3) is 0.265. The molecule has 0 fully saturated rings. The molecule has 1 heteroatoms. The van der Waals surface area contributed by atoms with Crippen LogP contribution < -0.4 is 0 Å². The van der Waals surface area contributed by atoms with E-state index in [-0.39, 0.29) is 5.41 Å². The van der Waals surface area contributed by atoms with Gasteiger partial charge in [-0.3, -0.25) is 0 Å². The molecule has 0 aliphatic heterocycles. The summed E-state index contributed by atoms with van der Waals surface area (Å²) in [5.41, 5.74) is 11.3. The van der Waals surface area contributed by atoms with Crippen molar-refractivity contribution in [1.82, 2.24) is 0 Å². The van der Waals surface area contributed by atoms with Crippen LogP contribution in [0.5, 0.6) is 0 Å². The maximum Gasteiger partial charge on any atom is 0.0215 e. The summed E-state index contributed by atoms with van der Waals surface area (Å²) in [5, 5.41) is 7.83. The number of halogens is 1. The Morgan fingerprint density at radius 3 is 1.50 bits per heavy atom. The normalized spacial score (nSPS) is 13.3. The molecule has 0 amide bonds. The quantitative estimate of drug-likeness (QED) is 0.0873. The molecule has 1 aliphatic carbocycles. The van der Waals surface area contributed by atoms with E-state index >= 15 is 0 Å². The van der Waals surface area contributed by atoms with Gasteiger partial charge in [-0.15, -0.1) is 0 Å². The summed E-state index contributed by atoms with van der Waals surface area (Å²) < 4.78 is 1.19. The smallest absolute Gasteiger partial charge is 0.0215 e. The number of benzene rings is 7. The first-order valence-electron chi connectivity index (χ1n) is 19.0. The van der Waals surface area contributed by atoms with Crippen molar-refractivity contribution in [1.29, 1.82) is 0 Å². The Labute approximate surface area is 306 Å². The van der Waals surface area contributed by atoms with Crippen LogP contribution in [0.4, 0.5) is 0 Å². The van der Waals surface area contributed by atoms with Gasteiger partial charge in [0.2, 0.25) is 0 Å². The van der Waals surface area contributed by atoms with Gasteiger partial charge in [0.05, 0.1) is 0 Å². The molecule has 0 N–H and O–H groups in total. The van der Waals surface area contributed by atoms with Gasteiger partial charge >= 0.3 is 0 Å². The monoisotopic (exact) mass is 714 g/mol. The fourth-order valence-corrected chi connectivity index (χ4v) is 9.45. The van der Waals surface area contributed by atoms with Gasteiger partial charge in [0.25, 0.3) is 0 Å². The van der Waals surface area contributed by atoms with Crippen molar-refractivity contribution in [2.24, 2.45) is 0 Å². The molecule has 0 saturated heterocycles. The van der Waals surface area contributed by atoms with Crippen molar-refractivity contribution in [3.8, 4) is 33.4 Å². The molecule has 7 aromatic carbocycles. The molecular formula is C49H47Br. The second-order valence-electron chi connectivity index (χ2n) is 14.6. The Hall–Kier alpha value is -4.20. The third-order valence-electron chi connectivity index (χ3n) is 11.5. The summed E-state index contributed by atoms with van der Waals surface area (Å²) in [6.45, 7) is 4.65. The van der Waals surface area contributed by atoms with E-state index < -0.39 is 0 Å². The second-order valence-corrected chi connectivity index (χ2v) is 15.5. The molecule has 0 bridgehead atoms. The zero-order valence-corrected chi connectivity index (χ0v) is 31.2. The summed E-state index contributed by atoms with van der Waals surface area (Å²) >= 11 is 3.89. The van der Waals surface area contributed by atoms with Crippen molar-refractivity contribution in [3.63, 3.8) is 0 Å². The van der Waals surface area contributed by atoms with Gasteiger partial charge in [0.15, 0.2) is 0 Å². The standard InChI is InChI=1S/C49H47Br/c1-3-5-7-15-29-49(30-16-8-6-4-2)45-32-37(25-27-39(45)40-28-26-38(50)33-46(40)49)48-43-21-13-11-19-41(43)47(42-20-12-14-22-44(42)48)36-24-23-34-17-9-10-18-35(34)31-36/h9-14,17-28,31-33H,3-8,15-16,29-30H2,1-2H3. The molecule has 0 nitrogen and oxygen atoms in total. The maximum atomic E-state index is 3.89. The van der Waals surface area contributed by atoms with Gasteiger partial charge < -0.3 is 0 Å². The fourth-order valence-electron chi connectivity index (χ4n) is 9.09. The van der Waals surface area contributed by atoms with E-state index in [0.29, 0.717) is 0 Å². The summed E-state index contributed by atoms with van der Waals surface area (Å²) in [4.78, 5) is 0. The Balaban J connectivity index is 1.35. The SMILES string of the molecule is CCCCCCC1(CCCCCC)c2cc(Br)ccc2-c2ccc(-c3c4ccccc4c(-c4ccc5ccccc5c4)c4ccccc34)cc21. The highest BCUT2D eigenvalue weighted by molar-refractivity contribution is 9.10. The Bertz CT molecular complexity index is 2260. The van der Waals surface area contributed by atoms with Crippen LogP contribution in [0.1, 0.15) is 89.2 Å². The van der Waals surface area contributed by atoms with Crippen LogP contribution in [0.2, 0.25) is 0 Å². The number of rotatable bonds is 12. The Morgan fingerprint density at radius 2 is 0.920 bits per heavy atom. The zero-order valence-electron chi connectivity index (χ0n) is 29.6. The predicted octanol–water partition coefficient (Wildman–Crippen LogP) is 15.4. The van der Waals surface area contributed by atoms with Crippen LogP contribution in [0.3, 0.4) is 0 Å². The van der Waals surface area contributed by atoms with Crippen molar-refractivity contribution < 1.29 is 0 Å². The van der Waals surface area contributed by atoms with Crippen LogP contribution in [0, 0.1) is 0 Å². The van der Waals surface area contributed by atoms with Crippen LogP contribution in [-0.2, 0) is 5.41 Å². The first-order chi connectivity index (χ1) is 24.6. The highest BCUT2D eigenvalue weighted by atomic mass is 79.9. The molecule has 1 aliphatic rings. The largest absolute Gasteiger partial charge is 0.0654 e. The minimum Gasteiger partial charge on any atom is -0.0654 e. The molecule has 250 valence electrons. The number of unbranched alkanes of at least 4 members (excludes halogenated alkanes) is 6. The molecular weight excluding hydrogens is 668 g/mol. The first kappa shape index (κ1) is 33.0. The predicted molar refractivity (Wildman–Crippen MR) is 221 cm³/mol. The lowest BCUT2D eigenvalue weighted by atomic mass is 9.70. The molecule has 0 atom stereocenters. The van der Waals surface area contributed by atoms with E-state index in [1.54, 1.807) is 5.56 Å². The average Bonchev–Trinajstić information content (AvgIpc) is 3.41. The molecule has 0 heterocycles. The van der Waals surface area contributed by atoms with Crippen LogP contribution in [-0.4, -0.2) is 0 Å². The van der Waals surface area contributed by atoms with Gasteiger partial charge in [0, 0.05) is 9.89 Å². The third-order valence-corrected chi connectivity index (χ3v) is 12.0.